The maximum absolute atomic E-state index is 12.9. The highest BCUT2D eigenvalue weighted by molar-refractivity contribution is 5.78. The number of hydrogen-bond acceptors (Lipinski definition) is 2. The predicted octanol–water partition coefficient (Wildman–Crippen LogP) is 1.97. The molecule has 0 bridgehead atoms. The van der Waals surface area contributed by atoms with Crippen molar-refractivity contribution in [3.63, 3.8) is 0 Å². The molecule has 0 amide bonds. The van der Waals surface area contributed by atoms with Crippen LogP contribution in [-0.2, 0) is 11.2 Å². The Labute approximate surface area is 76.3 Å². The van der Waals surface area contributed by atoms with Gasteiger partial charge in [0.2, 0.25) is 0 Å². The molecule has 0 aliphatic rings. The number of rotatable bonds is 3. The summed E-state index contributed by atoms with van der Waals surface area (Å²) in [5.74, 6) is -0.179. The lowest BCUT2D eigenvalue weighted by molar-refractivity contribution is -0.116. The molecule has 1 aromatic rings. The summed E-state index contributed by atoms with van der Waals surface area (Å²) in [5, 5.41) is 0. The lowest BCUT2D eigenvalue weighted by Crippen LogP contribution is -1.97. The van der Waals surface area contributed by atoms with Crippen LogP contribution in [0, 0.1) is 5.82 Å². The Balaban J connectivity index is 2.92. The summed E-state index contributed by atoms with van der Waals surface area (Å²) in [6.45, 7) is 1.50. The van der Waals surface area contributed by atoms with Gasteiger partial charge in [0.15, 0.2) is 11.6 Å². The number of benzene rings is 1. The van der Waals surface area contributed by atoms with Crippen molar-refractivity contribution >= 4 is 5.78 Å². The molecule has 0 aliphatic carbocycles. The molecular weight excluding hydrogens is 171 g/mol. The van der Waals surface area contributed by atoms with Gasteiger partial charge in [0.1, 0.15) is 5.78 Å². The smallest absolute Gasteiger partial charge is 0.165 e. The van der Waals surface area contributed by atoms with Crippen LogP contribution in [0.15, 0.2) is 18.2 Å². The van der Waals surface area contributed by atoms with Gasteiger partial charge >= 0.3 is 0 Å². The molecule has 3 heteroatoms. The zero-order valence-corrected chi connectivity index (χ0v) is 7.63. The highest BCUT2D eigenvalue weighted by atomic mass is 19.1. The van der Waals surface area contributed by atoms with Gasteiger partial charge in [-0.15, -0.1) is 0 Å². The number of Topliss-reactive ketones (excluding diaryl/α,β-unsaturated/α-hetero) is 1. The fraction of sp³-hybridized carbons (Fsp3) is 0.300. The van der Waals surface area contributed by atoms with E-state index in [0.29, 0.717) is 6.42 Å². The number of carbonyl (C=O) groups is 1. The Morgan fingerprint density at radius 1 is 1.54 bits per heavy atom. The number of methoxy groups -OCH3 is 1. The SMILES string of the molecule is COc1cc(CC(C)=O)ccc1F. The summed E-state index contributed by atoms with van der Waals surface area (Å²) in [5.41, 5.74) is 0.769. The summed E-state index contributed by atoms with van der Waals surface area (Å²) in [7, 11) is 1.40. The van der Waals surface area contributed by atoms with E-state index < -0.39 is 5.82 Å². The van der Waals surface area contributed by atoms with Gasteiger partial charge in [-0.25, -0.2) is 4.39 Å². The average Bonchev–Trinajstić information content (AvgIpc) is 2.07. The van der Waals surface area contributed by atoms with E-state index >= 15 is 0 Å². The topological polar surface area (TPSA) is 26.3 Å². The molecule has 0 unspecified atom stereocenters. The van der Waals surface area contributed by atoms with Crippen LogP contribution in [-0.4, -0.2) is 12.9 Å². The van der Waals surface area contributed by atoms with E-state index in [-0.39, 0.29) is 11.5 Å². The minimum atomic E-state index is -0.408. The second kappa shape index (κ2) is 4.03. The van der Waals surface area contributed by atoms with Gasteiger partial charge in [-0.2, -0.15) is 0 Å². The number of carbonyl (C=O) groups excluding carboxylic acids is 1. The number of ether oxygens (including phenoxy) is 1. The van der Waals surface area contributed by atoms with Crippen LogP contribution in [0.4, 0.5) is 4.39 Å². The fourth-order valence-electron chi connectivity index (χ4n) is 1.10. The van der Waals surface area contributed by atoms with E-state index in [9.17, 15) is 9.18 Å². The lowest BCUT2D eigenvalue weighted by Gasteiger charge is -2.03. The molecule has 0 heterocycles. The van der Waals surface area contributed by atoms with Gasteiger partial charge in [0, 0.05) is 6.42 Å². The van der Waals surface area contributed by atoms with Crippen LogP contribution >= 0.6 is 0 Å². The Bertz CT molecular complexity index is 321. The second-order valence-corrected chi connectivity index (χ2v) is 2.85. The highest BCUT2D eigenvalue weighted by Gasteiger charge is 2.04. The van der Waals surface area contributed by atoms with Crippen molar-refractivity contribution in [2.75, 3.05) is 7.11 Å². The molecule has 0 saturated heterocycles. The van der Waals surface area contributed by atoms with Crippen molar-refractivity contribution in [3.05, 3.63) is 29.6 Å². The van der Waals surface area contributed by atoms with Crippen LogP contribution in [0.1, 0.15) is 12.5 Å². The third-order valence-corrected chi connectivity index (χ3v) is 1.67. The van der Waals surface area contributed by atoms with Gasteiger partial charge < -0.3 is 4.74 Å². The van der Waals surface area contributed by atoms with E-state index in [0.717, 1.165) is 5.56 Å². The monoisotopic (exact) mass is 182 g/mol. The van der Waals surface area contributed by atoms with Crippen molar-refractivity contribution in [1.29, 1.82) is 0 Å². The molecule has 2 nitrogen and oxygen atoms in total. The summed E-state index contributed by atoms with van der Waals surface area (Å²) in [4.78, 5) is 10.8. The summed E-state index contributed by atoms with van der Waals surface area (Å²) >= 11 is 0. The maximum atomic E-state index is 12.9. The Morgan fingerprint density at radius 2 is 2.23 bits per heavy atom. The van der Waals surface area contributed by atoms with Crippen molar-refractivity contribution in [1.82, 2.24) is 0 Å². The molecule has 0 aromatic heterocycles. The van der Waals surface area contributed by atoms with Gasteiger partial charge in [-0.05, 0) is 24.6 Å². The zero-order chi connectivity index (χ0) is 9.84. The molecule has 0 aliphatic heterocycles. The van der Waals surface area contributed by atoms with Crippen LogP contribution in [0.5, 0.6) is 5.75 Å². The quantitative estimate of drug-likeness (QED) is 0.714. The summed E-state index contributed by atoms with van der Waals surface area (Å²) < 4.78 is 17.7. The van der Waals surface area contributed by atoms with Crippen LogP contribution in [0.3, 0.4) is 0 Å². The molecule has 0 fully saturated rings. The molecule has 0 N–H and O–H groups in total. The molecule has 0 saturated carbocycles. The standard InChI is InChI=1S/C10H11FO2/c1-7(12)5-8-3-4-9(11)10(6-8)13-2/h3-4,6H,5H2,1-2H3. The van der Waals surface area contributed by atoms with E-state index in [1.54, 1.807) is 6.07 Å². The molecule has 0 atom stereocenters. The second-order valence-electron chi connectivity index (χ2n) is 2.85. The van der Waals surface area contributed by atoms with Gasteiger partial charge in [0.25, 0.3) is 0 Å². The Hall–Kier alpha value is -1.38. The number of ketones is 1. The third kappa shape index (κ3) is 2.54. The first-order chi connectivity index (χ1) is 6.13. The fourth-order valence-corrected chi connectivity index (χ4v) is 1.10. The molecule has 1 rings (SSSR count). The first-order valence-corrected chi connectivity index (χ1v) is 3.95. The van der Waals surface area contributed by atoms with E-state index in [1.165, 1.54) is 26.2 Å². The minimum Gasteiger partial charge on any atom is -0.494 e. The Morgan fingerprint density at radius 3 is 2.77 bits per heavy atom. The maximum Gasteiger partial charge on any atom is 0.165 e. The van der Waals surface area contributed by atoms with Crippen LogP contribution < -0.4 is 4.74 Å². The summed E-state index contributed by atoms with van der Waals surface area (Å²) in [6.07, 6.45) is 0.316. The molecule has 1 aromatic carbocycles. The Kier molecular flexibility index (Phi) is 3.01. The molecular formula is C10H11FO2. The zero-order valence-electron chi connectivity index (χ0n) is 7.63. The van der Waals surface area contributed by atoms with E-state index in [2.05, 4.69) is 0 Å². The van der Waals surface area contributed by atoms with Gasteiger partial charge in [-0.1, -0.05) is 6.07 Å². The van der Waals surface area contributed by atoms with Gasteiger partial charge in [0.05, 0.1) is 7.11 Å². The predicted molar refractivity (Wildman–Crippen MR) is 47.3 cm³/mol. The van der Waals surface area contributed by atoms with Crippen LogP contribution in [0.25, 0.3) is 0 Å². The molecule has 0 spiro atoms. The van der Waals surface area contributed by atoms with Gasteiger partial charge in [-0.3, -0.25) is 4.79 Å². The van der Waals surface area contributed by atoms with Crippen molar-refractivity contribution < 1.29 is 13.9 Å². The van der Waals surface area contributed by atoms with E-state index in [1.807, 2.05) is 0 Å². The molecule has 13 heavy (non-hydrogen) atoms. The van der Waals surface area contributed by atoms with Crippen molar-refractivity contribution in [2.45, 2.75) is 13.3 Å². The van der Waals surface area contributed by atoms with Crippen LogP contribution in [0.2, 0.25) is 0 Å². The van der Waals surface area contributed by atoms with E-state index in [4.69, 9.17) is 4.74 Å². The first-order valence-electron chi connectivity index (χ1n) is 3.95. The third-order valence-electron chi connectivity index (χ3n) is 1.67. The minimum absolute atomic E-state index is 0.0497. The number of halogens is 1. The van der Waals surface area contributed by atoms with Crippen molar-refractivity contribution in [3.8, 4) is 5.75 Å². The average molecular weight is 182 g/mol. The number of hydrogen-bond donors (Lipinski definition) is 0. The lowest BCUT2D eigenvalue weighted by atomic mass is 10.1. The molecule has 0 radical (unpaired) electrons. The summed E-state index contributed by atoms with van der Waals surface area (Å²) in [6, 6.07) is 4.42. The van der Waals surface area contributed by atoms with Crippen molar-refractivity contribution in [2.24, 2.45) is 0 Å². The largest absolute Gasteiger partial charge is 0.494 e. The first kappa shape index (κ1) is 9.71. The normalized spacial score (nSPS) is 9.77. The molecule has 70 valence electrons. The highest BCUT2D eigenvalue weighted by Crippen LogP contribution is 2.18.